The predicted octanol–water partition coefficient (Wildman–Crippen LogP) is 3.57. The number of carbonyl (C=O) groups excluding carboxylic acids is 1. The minimum atomic E-state index is -0.0323. The molecule has 4 aromatic rings. The lowest BCUT2D eigenvalue weighted by Gasteiger charge is -2.04. The van der Waals surface area contributed by atoms with Crippen LogP contribution >= 0.6 is 11.8 Å². The number of nitrogens with one attached hydrogen (secondary N) is 2. The largest absolute Gasteiger partial charge is 0.416 e. The number of amides is 1. The van der Waals surface area contributed by atoms with E-state index in [0.29, 0.717) is 30.5 Å². The molecule has 4 rings (SSSR count). The van der Waals surface area contributed by atoms with Crippen molar-refractivity contribution in [3.8, 4) is 0 Å². The molecule has 0 aliphatic rings. The van der Waals surface area contributed by atoms with Gasteiger partial charge < -0.3 is 14.7 Å². The highest BCUT2D eigenvalue weighted by Gasteiger charge is 2.11. The topological polar surface area (TPSA) is 96.7 Å². The second-order valence-electron chi connectivity index (χ2n) is 6.89. The number of fused-ring (bicyclic) bond motifs is 1. The second-order valence-corrected chi connectivity index (χ2v) is 7.82. The average Bonchev–Trinajstić information content (AvgIpc) is 3.41. The Hall–Kier alpha value is -3.13. The fourth-order valence-corrected chi connectivity index (χ4v) is 3.70. The number of benzene rings is 2. The van der Waals surface area contributed by atoms with Gasteiger partial charge in [0.2, 0.25) is 11.8 Å². The van der Waals surface area contributed by atoms with Crippen molar-refractivity contribution in [2.45, 2.75) is 30.9 Å². The van der Waals surface area contributed by atoms with Crippen LogP contribution in [0.5, 0.6) is 0 Å². The number of carbonyl (C=O) groups is 1. The number of hydrogen-bond donors (Lipinski definition) is 2. The number of aryl methyl sites for hydroxylation is 3. The van der Waals surface area contributed by atoms with Crippen molar-refractivity contribution in [2.75, 3.05) is 12.3 Å². The summed E-state index contributed by atoms with van der Waals surface area (Å²) in [6.45, 7) is 0.654. The molecule has 0 atom stereocenters. The first-order valence-electron chi connectivity index (χ1n) is 9.96. The monoisotopic (exact) mass is 421 g/mol. The van der Waals surface area contributed by atoms with Crippen LogP contribution < -0.4 is 5.32 Å². The van der Waals surface area contributed by atoms with Crippen LogP contribution in [-0.4, -0.2) is 38.4 Å². The standard InChI is InChI=1S/C22H23N5O2S/c28-20(23-14-6-9-16-7-2-1-3-8-16)15-30-22-27-26-21(29-22)13-12-19-24-17-10-4-5-11-18(17)25-19/h1-5,7-8,10-11H,6,9,12-15H2,(H,23,28)(H,24,25). The van der Waals surface area contributed by atoms with Crippen molar-refractivity contribution in [3.05, 3.63) is 71.9 Å². The quantitative estimate of drug-likeness (QED) is 0.300. The van der Waals surface area contributed by atoms with Crippen molar-refractivity contribution < 1.29 is 9.21 Å². The fourth-order valence-electron chi connectivity index (χ4n) is 3.09. The molecule has 2 heterocycles. The maximum atomic E-state index is 12.0. The number of imidazole rings is 1. The molecule has 0 saturated carbocycles. The molecule has 8 heteroatoms. The molecule has 7 nitrogen and oxygen atoms in total. The number of rotatable bonds is 10. The summed E-state index contributed by atoms with van der Waals surface area (Å²) < 4.78 is 5.63. The van der Waals surface area contributed by atoms with Gasteiger partial charge in [0.05, 0.1) is 16.8 Å². The van der Waals surface area contributed by atoms with Crippen LogP contribution in [0.15, 0.2) is 64.2 Å². The van der Waals surface area contributed by atoms with Crippen molar-refractivity contribution in [1.82, 2.24) is 25.5 Å². The zero-order valence-electron chi connectivity index (χ0n) is 16.5. The molecular formula is C22H23N5O2S. The molecule has 2 N–H and O–H groups in total. The normalized spacial score (nSPS) is 11.1. The van der Waals surface area contributed by atoms with Crippen LogP contribution in [0.25, 0.3) is 11.0 Å². The number of aromatic nitrogens is 4. The van der Waals surface area contributed by atoms with E-state index in [2.05, 4.69) is 37.6 Å². The van der Waals surface area contributed by atoms with Crippen LogP contribution in [0.2, 0.25) is 0 Å². The van der Waals surface area contributed by atoms with E-state index in [1.165, 1.54) is 17.3 Å². The zero-order chi connectivity index (χ0) is 20.6. The van der Waals surface area contributed by atoms with Crippen LogP contribution in [0, 0.1) is 0 Å². The van der Waals surface area contributed by atoms with Gasteiger partial charge in [-0.3, -0.25) is 4.79 Å². The Bertz CT molecular complexity index is 1060. The number of hydrogen-bond acceptors (Lipinski definition) is 6. The first-order chi connectivity index (χ1) is 14.8. The SMILES string of the molecule is O=C(CSc1nnc(CCc2nc3ccccc3[nH]2)o1)NCCCc1ccccc1. The number of aromatic amines is 1. The van der Waals surface area contributed by atoms with Crippen molar-refractivity contribution in [2.24, 2.45) is 0 Å². The van der Waals surface area contributed by atoms with Gasteiger partial charge in [-0.2, -0.15) is 0 Å². The van der Waals surface area contributed by atoms with E-state index in [1.807, 2.05) is 42.5 Å². The third-order valence-electron chi connectivity index (χ3n) is 4.60. The molecule has 0 fully saturated rings. The molecular weight excluding hydrogens is 398 g/mol. The Morgan fingerprint density at radius 3 is 2.70 bits per heavy atom. The third kappa shape index (κ3) is 5.70. The molecule has 0 unspecified atom stereocenters. The highest BCUT2D eigenvalue weighted by Crippen LogP contribution is 2.17. The number of nitrogens with zero attached hydrogens (tertiary/aromatic N) is 3. The van der Waals surface area contributed by atoms with E-state index in [0.717, 1.165) is 29.7 Å². The smallest absolute Gasteiger partial charge is 0.277 e. The van der Waals surface area contributed by atoms with Gasteiger partial charge in [-0.05, 0) is 30.5 Å². The number of thioether (sulfide) groups is 1. The lowest BCUT2D eigenvalue weighted by atomic mass is 10.1. The van der Waals surface area contributed by atoms with Gasteiger partial charge in [0.25, 0.3) is 5.22 Å². The van der Waals surface area contributed by atoms with Crippen molar-refractivity contribution in [3.63, 3.8) is 0 Å². The highest BCUT2D eigenvalue weighted by molar-refractivity contribution is 7.99. The number of H-pyrrole nitrogens is 1. The maximum absolute atomic E-state index is 12.0. The summed E-state index contributed by atoms with van der Waals surface area (Å²) in [6.07, 6.45) is 3.14. The van der Waals surface area contributed by atoms with Crippen LogP contribution in [-0.2, 0) is 24.1 Å². The first kappa shape index (κ1) is 20.2. The van der Waals surface area contributed by atoms with Crippen LogP contribution in [0.3, 0.4) is 0 Å². The average molecular weight is 422 g/mol. The van der Waals surface area contributed by atoms with Crippen molar-refractivity contribution in [1.29, 1.82) is 0 Å². The van der Waals surface area contributed by atoms with E-state index in [1.54, 1.807) is 0 Å². The fraction of sp³-hybridized carbons (Fsp3) is 0.273. The molecule has 0 aliphatic heterocycles. The molecule has 154 valence electrons. The van der Waals surface area contributed by atoms with Gasteiger partial charge in [-0.15, -0.1) is 10.2 Å². The summed E-state index contributed by atoms with van der Waals surface area (Å²) in [5.74, 6) is 1.66. The zero-order valence-corrected chi connectivity index (χ0v) is 17.3. The first-order valence-corrected chi connectivity index (χ1v) is 10.9. The van der Waals surface area contributed by atoms with Crippen molar-refractivity contribution >= 4 is 28.7 Å². The Kier molecular flexibility index (Phi) is 6.76. The molecule has 0 aliphatic carbocycles. The molecule has 1 amide bonds. The van der Waals surface area contributed by atoms with Crippen LogP contribution in [0.1, 0.15) is 23.7 Å². The summed E-state index contributed by atoms with van der Waals surface area (Å²) in [4.78, 5) is 19.8. The second kappa shape index (κ2) is 10.1. The molecule has 2 aromatic heterocycles. The summed E-state index contributed by atoms with van der Waals surface area (Å²) in [5.41, 5.74) is 3.25. The Morgan fingerprint density at radius 2 is 1.83 bits per heavy atom. The van der Waals surface area contributed by atoms with Gasteiger partial charge in [0.1, 0.15) is 5.82 Å². The predicted molar refractivity (Wildman–Crippen MR) is 116 cm³/mol. The molecule has 0 spiro atoms. The van der Waals surface area contributed by atoms with Gasteiger partial charge in [-0.25, -0.2) is 4.98 Å². The summed E-state index contributed by atoms with van der Waals surface area (Å²) >= 11 is 1.25. The Morgan fingerprint density at radius 1 is 1.00 bits per heavy atom. The highest BCUT2D eigenvalue weighted by atomic mass is 32.2. The summed E-state index contributed by atoms with van der Waals surface area (Å²) in [7, 11) is 0. The Balaban J connectivity index is 1.15. The minimum absolute atomic E-state index is 0.0323. The van der Waals surface area contributed by atoms with E-state index < -0.39 is 0 Å². The maximum Gasteiger partial charge on any atom is 0.277 e. The van der Waals surface area contributed by atoms with E-state index in [-0.39, 0.29) is 11.7 Å². The molecule has 30 heavy (non-hydrogen) atoms. The lowest BCUT2D eigenvalue weighted by Crippen LogP contribution is -2.26. The Labute approximate surface area is 178 Å². The minimum Gasteiger partial charge on any atom is -0.416 e. The lowest BCUT2D eigenvalue weighted by molar-refractivity contribution is -0.118. The summed E-state index contributed by atoms with van der Waals surface area (Å²) in [6, 6.07) is 18.2. The van der Waals surface area contributed by atoms with Gasteiger partial charge in [0.15, 0.2) is 0 Å². The van der Waals surface area contributed by atoms with E-state index in [4.69, 9.17) is 4.42 Å². The summed E-state index contributed by atoms with van der Waals surface area (Å²) in [5, 5.41) is 11.4. The van der Waals surface area contributed by atoms with E-state index >= 15 is 0 Å². The van der Waals surface area contributed by atoms with Gasteiger partial charge >= 0.3 is 0 Å². The van der Waals surface area contributed by atoms with E-state index in [9.17, 15) is 4.79 Å². The molecule has 0 radical (unpaired) electrons. The van der Waals surface area contributed by atoms with Gasteiger partial charge in [-0.1, -0.05) is 54.2 Å². The third-order valence-corrected chi connectivity index (χ3v) is 5.41. The van der Waals surface area contributed by atoms with Crippen LogP contribution in [0.4, 0.5) is 0 Å². The molecule has 0 bridgehead atoms. The molecule has 0 saturated heterocycles. The number of para-hydroxylation sites is 2. The molecule has 2 aromatic carbocycles. The van der Waals surface area contributed by atoms with Gasteiger partial charge in [0, 0.05) is 19.4 Å².